The minimum Gasteiger partial charge on any atom is -0.341 e. The zero-order valence-corrected chi connectivity index (χ0v) is 41.3. The standard InChI is InChI=1S/C42H64N12.2CHCl3/c1-5-9-13-17-27-53(28-18-14-10-6-2)41-49-37-43-33-23-21-25-35(31-33)45-39-48-40(46-36-26-22-24-34(32-36)44-38(47-37)50-41)52-42(51-39)54(29-19-15-11-7-3)30-20-16-12-8-4;2*2-1(3)4/h21-26,31-32H,5-20,27-30H2,1-4H3,(H2,43,44,47,49,50)(H2,45,46,48,51,52);2*1H. The van der Waals surface area contributed by atoms with Gasteiger partial charge in [0.1, 0.15) is 0 Å². The van der Waals surface area contributed by atoms with E-state index in [1.807, 2.05) is 48.5 Å². The summed E-state index contributed by atoms with van der Waals surface area (Å²) in [6, 6.07) is 16.1. The van der Waals surface area contributed by atoms with Gasteiger partial charge in [0, 0.05) is 48.9 Å². The molecule has 0 saturated heterocycles. The van der Waals surface area contributed by atoms with Crippen LogP contribution < -0.4 is 31.1 Å². The van der Waals surface area contributed by atoms with E-state index in [1.165, 1.54) is 77.0 Å². The van der Waals surface area contributed by atoms with E-state index in [2.05, 4.69) is 58.8 Å². The number of benzene rings is 2. The lowest BCUT2D eigenvalue weighted by Gasteiger charge is -2.24. The fraction of sp³-hybridized carbons (Fsp3) is 0.591. The molecule has 18 heteroatoms. The first-order valence-corrected chi connectivity index (χ1v) is 24.8. The van der Waals surface area contributed by atoms with Crippen LogP contribution in [0.1, 0.15) is 130 Å². The van der Waals surface area contributed by atoms with Gasteiger partial charge in [0.05, 0.1) is 0 Å². The summed E-state index contributed by atoms with van der Waals surface area (Å²) in [5.41, 5.74) is 3.37. The maximum Gasteiger partial charge on any atom is 0.233 e. The van der Waals surface area contributed by atoms with Gasteiger partial charge in [-0.05, 0) is 62.1 Å². The fourth-order valence-corrected chi connectivity index (χ4v) is 6.64. The molecule has 0 unspecified atom stereocenters. The summed E-state index contributed by atoms with van der Waals surface area (Å²) in [6.45, 7) is 12.6. The molecule has 4 aromatic rings. The van der Waals surface area contributed by atoms with E-state index in [9.17, 15) is 0 Å². The van der Waals surface area contributed by atoms with Crippen molar-refractivity contribution < 1.29 is 0 Å². The van der Waals surface area contributed by atoms with Gasteiger partial charge in [0.2, 0.25) is 35.7 Å². The number of aromatic nitrogens is 6. The second kappa shape index (κ2) is 31.8. The third-order valence-corrected chi connectivity index (χ3v) is 9.69. The summed E-state index contributed by atoms with van der Waals surface area (Å²) >= 11 is 28.8. The van der Waals surface area contributed by atoms with Gasteiger partial charge in [0.25, 0.3) is 0 Å². The smallest absolute Gasteiger partial charge is 0.233 e. The summed E-state index contributed by atoms with van der Waals surface area (Å²) < 4.78 is -1.50. The quantitative estimate of drug-likeness (QED) is 0.0389. The Bertz CT molecular complexity index is 1570. The molecule has 1 aliphatic heterocycles. The topological polar surface area (TPSA) is 132 Å². The summed E-state index contributed by atoms with van der Waals surface area (Å²) in [6.07, 6.45) is 19.0. The van der Waals surface area contributed by atoms with Gasteiger partial charge >= 0.3 is 0 Å². The average Bonchev–Trinajstić information content (AvgIpc) is 3.22. The van der Waals surface area contributed by atoms with Crippen LogP contribution in [0.3, 0.4) is 0 Å². The van der Waals surface area contributed by atoms with E-state index in [4.69, 9.17) is 99.5 Å². The van der Waals surface area contributed by atoms with E-state index in [0.29, 0.717) is 35.7 Å². The zero-order chi connectivity index (χ0) is 45.0. The molecule has 4 N–H and O–H groups in total. The van der Waals surface area contributed by atoms with Crippen molar-refractivity contribution in [3.05, 3.63) is 48.5 Å². The van der Waals surface area contributed by atoms with Crippen LogP contribution in [0.5, 0.6) is 0 Å². The minimum absolute atomic E-state index is 0.486. The molecule has 1 aliphatic rings. The van der Waals surface area contributed by atoms with Gasteiger partial charge < -0.3 is 31.1 Å². The molecule has 12 nitrogen and oxygen atoms in total. The van der Waals surface area contributed by atoms with Crippen LogP contribution in [0, 0.1) is 0 Å². The SMILES string of the molecule is CCCCCCN(CCCCCC)c1nc2nc(n1)Nc1cccc(c1)Nc1nc(nc(N(CCCCCC)CCCCCC)n1)Nc1cccc(c1)N2.ClC(Cl)Cl.ClC(Cl)Cl. The lowest BCUT2D eigenvalue weighted by molar-refractivity contribution is 0.601. The van der Waals surface area contributed by atoms with Gasteiger partial charge in [-0.1, -0.05) is 186 Å². The second-order valence-electron chi connectivity index (χ2n) is 14.9. The van der Waals surface area contributed by atoms with Gasteiger partial charge in [0.15, 0.2) is 8.59 Å². The van der Waals surface area contributed by atoms with Gasteiger partial charge in [-0.2, -0.15) is 29.9 Å². The highest BCUT2D eigenvalue weighted by molar-refractivity contribution is 6.63. The largest absolute Gasteiger partial charge is 0.341 e. The number of anilines is 10. The Hall–Kier alpha value is -3.00. The van der Waals surface area contributed by atoms with Crippen LogP contribution in [0.25, 0.3) is 0 Å². The molecule has 5 rings (SSSR count). The first kappa shape index (κ1) is 53.3. The number of hydrogen-bond acceptors (Lipinski definition) is 12. The highest BCUT2D eigenvalue weighted by Crippen LogP contribution is 2.28. The van der Waals surface area contributed by atoms with Gasteiger partial charge in [-0.25, -0.2) is 0 Å². The van der Waals surface area contributed by atoms with Crippen LogP contribution in [0.4, 0.5) is 58.4 Å². The average molecular weight is 976 g/mol. The molecule has 0 fully saturated rings. The molecule has 0 amide bonds. The molecule has 344 valence electrons. The molecule has 0 saturated carbocycles. The molecule has 0 radical (unpaired) electrons. The van der Waals surface area contributed by atoms with Crippen molar-refractivity contribution in [2.75, 3.05) is 57.2 Å². The fourth-order valence-electron chi connectivity index (χ4n) is 6.64. The van der Waals surface area contributed by atoms with Crippen molar-refractivity contribution in [3.63, 3.8) is 0 Å². The van der Waals surface area contributed by atoms with Crippen LogP contribution in [-0.4, -0.2) is 64.7 Å². The zero-order valence-electron chi connectivity index (χ0n) is 36.8. The number of alkyl halides is 6. The Kier molecular flexibility index (Phi) is 27.3. The molecule has 0 spiro atoms. The van der Waals surface area contributed by atoms with E-state index >= 15 is 0 Å². The van der Waals surface area contributed by atoms with E-state index < -0.39 is 8.59 Å². The molecular formula is C44H66Cl6N12. The number of hydrogen-bond donors (Lipinski definition) is 4. The molecule has 0 atom stereocenters. The Morgan fingerprint density at radius 2 is 0.629 bits per heavy atom. The highest BCUT2D eigenvalue weighted by Gasteiger charge is 2.18. The predicted octanol–water partition coefficient (Wildman–Crippen LogP) is 15.3. The maximum atomic E-state index is 4.99. The van der Waals surface area contributed by atoms with Crippen molar-refractivity contribution in [3.8, 4) is 0 Å². The third-order valence-electron chi connectivity index (χ3n) is 9.69. The molecule has 62 heavy (non-hydrogen) atoms. The first-order chi connectivity index (χ1) is 30.0. The lowest BCUT2D eigenvalue weighted by atomic mass is 10.2. The Balaban J connectivity index is 0.00000118. The van der Waals surface area contributed by atoms with Crippen molar-refractivity contribution in [2.24, 2.45) is 0 Å². The molecular weight excluding hydrogens is 909 g/mol. The molecule has 8 bridgehead atoms. The number of unbranched alkanes of at least 4 members (excludes halogenated alkanes) is 12. The summed E-state index contributed by atoms with van der Waals surface area (Å²) in [4.78, 5) is 34.3. The lowest BCUT2D eigenvalue weighted by Crippen LogP contribution is -2.28. The Labute approximate surface area is 400 Å². The van der Waals surface area contributed by atoms with Crippen molar-refractivity contribution >= 4 is 128 Å². The monoisotopic (exact) mass is 972 g/mol. The highest BCUT2D eigenvalue weighted by atomic mass is 35.6. The summed E-state index contributed by atoms with van der Waals surface area (Å²) in [7, 11) is 0. The number of halogens is 6. The number of nitrogens with zero attached hydrogens (tertiary/aromatic N) is 8. The Morgan fingerprint density at radius 3 is 0.855 bits per heavy atom. The van der Waals surface area contributed by atoms with Crippen molar-refractivity contribution in [2.45, 2.75) is 139 Å². The first-order valence-electron chi connectivity index (χ1n) is 22.2. The van der Waals surface area contributed by atoms with Gasteiger partial charge in [-0.15, -0.1) is 0 Å². The molecule has 3 heterocycles. The van der Waals surface area contributed by atoms with Crippen LogP contribution >= 0.6 is 69.6 Å². The summed E-state index contributed by atoms with van der Waals surface area (Å²) in [5, 5.41) is 13.9. The maximum absolute atomic E-state index is 4.99. The number of nitrogens with one attached hydrogen (secondary N) is 4. The number of fused-ring (bicyclic) bond motifs is 8. The van der Waals surface area contributed by atoms with E-state index in [-0.39, 0.29) is 0 Å². The molecule has 2 aromatic carbocycles. The van der Waals surface area contributed by atoms with Crippen LogP contribution in [0.15, 0.2) is 48.5 Å². The Morgan fingerprint density at radius 1 is 0.387 bits per heavy atom. The van der Waals surface area contributed by atoms with E-state index in [1.54, 1.807) is 0 Å². The van der Waals surface area contributed by atoms with Gasteiger partial charge in [-0.3, -0.25) is 0 Å². The third kappa shape index (κ3) is 22.6. The second-order valence-corrected chi connectivity index (χ2v) is 18.9. The number of rotatable bonds is 22. The van der Waals surface area contributed by atoms with Crippen molar-refractivity contribution in [1.82, 2.24) is 29.9 Å². The van der Waals surface area contributed by atoms with Crippen LogP contribution in [0.2, 0.25) is 0 Å². The summed E-state index contributed by atoms with van der Waals surface area (Å²) in [5.74, 6) is 3.31. The minimum atomic E-state index is -0.750. The normalized spacial score (nSPS) is 11.5. The van der Waals surface area contributed by atoms with E-state index in [0.717, 1.165) is 74.6 Å². The molecule has 0 aliphatic carbocycles. The molecule has 2 aromatic heterocycles. The predicted molar refractivity (Wildman–Crippen MR) is 269 cm³/mol. The van der Waals surface area contributed by atoms with Crippen molar-refractivity contribution in [1.29, 1.82) is 0 Å². The van der Waals surface area contributed by atoms with Crippen LogP contribution in [-0.2, 0) is 0 Å².